The van der Waals surface area contributed by atoms with Crippen molar-refractivity contribution in [2.24, 2.45) is 0 Å². The lowest BCUT2D eigenvalue weighted by Gasteiger charge is -2.60. The monoisotopic (exact) mass is 418 g/mol. The molecule has 4 bridgehead atoms. The molecule has 0 fully saturated rings. The van der Waals surface area contributed by atoms with Crippen LogP contribution in [-0.2, 0) is 0 Å². The SMILES string of the molecule is Oc1cccc(N[C@@H]2c3ccccc3N3C4c5ccccc5N[C@H]3c3ccccc3N42)c1. The number of benzene rings is 4. The van der Waals surface area contributed by atoms with Crippen molar-refractivity contribution in [1.29, 1.82) is 0 Å². The zero-order valence-electron chi connectivity index (χ0n) is 17.3. The highest BCUT2D eigenvalue weighted by Gasteiger charge is 2.50. The van der Waals surface area contributed by atoms with E-state index >= 15 is 0 Å². The minimum atomic E-state index is -0.0949. The van der Waals surface area contributed by atoms with Gasteiger partial charge in [0.05, 0.1) is 0 Å². The van der Waals surface area contributed by atoms with Crippen molar-refractivity contribution in [2.45, 2.75) is 18.5 Å². The van der Waals surface area contributed by atoms with Crippen molar-refractivity contribution >= 4 is 22.7 Å². The van der Waals surface area contributed by atoms with Gasteiger partial charge in [0, 0.05) is 45.5 Å². The van der Waals surface area contributed by atoms with E-state index in [-0.39, 0.29) is 24.2 Å². The maximum atomic E-state index is 10.1. The molecule has 0 saturated heterocycles. The highest BCUT2D eigenvalue weighted by Crippen LogP contribution is 2.58. The highest BCUT2D eigenvalue weighted by molar-refractivity contribution is 5.79. The average molecular weight is 419 g/mol. The number of para-hydroxylation sites is 3. The zero-order chi connectivity index (χ0) is 21.2. The van der Waals surface area contributed by atoms with E-state index in [2.05, 4.69) is 93.2 Å². The van der Waals surface area contributed by atoms with E-state index in [9.17, 15) is 5.11 Å². The highest BCUT2D eigenvalue weighted by atomic mass is 16.3. The molecule has 0 aliphatic carbocycles. The van der Waals surface area contributed by atoms with Crippen LogP contribution in [0.25, 0.3) is 0 Å². The Labute approximate surface area is 186 Å². The van der Waals surface area contributed by atoms with Crippen LogP contribution in [0.5, 0.6) is 5.75 Å². The Morgan fingerprint density at radius 1 is 0.688 bits per heavy atom. The van der Waals surface area contributed by atoms with Crippen molar-refractivity contribution in [2.75, 3.05) is 20.4 Å². The van der Waals surface area contributed by atoms with Crippen molar-refractivity contribution in [3.05, 3.63) is 114 Å². The number of nitrogens with one attached hydrogen (secondary N) is 2. The molecule has 4 aromatic rings. The summed E-state index contributed by atoms with van der Waals surface area (Å²) in [6.45, 7) is 0. The number of hydrogen-bond donors (Lipinski definition) is 3. The molecule has 5 heteroatoms. The van der Waals surface area contributed by atoms with Gasteiger partial charge >= 0.3 is 0 Å². The largest absolute Gasteiger partial charge is 0.508 e. The Hall–Kier alpha value is -4.12. The van der Waals surface area contributed by atoms with Crippen LogP contribution >= 0.6 is 0 Å². The Balaban J connectivity index is 1.50. The fourth-order valence-electron chi connectivity index (χ4n) is 5.51. The van der Waals surface area contributed by atoms with E-state index < -0.39 is 0 Å². The van der Waals surface area contributed by atoms with Gasteiger partial charge in [0.2, 0.25) is 0 Å². The van der Waals surface area contributed by atoms with Crippen LogP contribution in [0, 0.1) is 0 Å². The number of nitrogens with zero attached hydrogens (tertiary/aromatic N) is 2. The topological polar surface area (TPSA) is 50.8 Å². The maximum absolute atomic E-state index is 10.1. The smallest absolute Gasteiger partial charge is 0.134 e. The third-order valence-electron chi connectivity index (χ3n) is 6.78. The molecule has 3 N–H and O–H groups in total. The molecule has 3 atom stereocenters. The van der Waals surface area contributed by atoms with Crippen LogP contribution in [-0.4, -0.2) is 5.11 Å². The van der Waals surface area contributed by atoms with Gasteiger partial charge in [-0.05, 0) is 30.3 Å². The lowest BCUT2D eigenvalue weighted by Crippen LogP contribution is -2.58. The molecule has 3 aliphatic heterocycles. The van der Waals surface area contributed by atoms with Crippen molar-refractivity contribution in [3.63, 3.8) is 0 Å². The second-order valence-corrected chi connectivity index (χ2v) is 8.54. The Morgan fingerprint density at radius 3 is 2.19 bits per heavy atom. The van der Waals surface area contributed by atoms with Crippen molar-refractivity contribution in [3.8, 4) is 5.75 Å². The molecule has 3 heterocycles. The molecule has 7 rings (SSSR count). The summed E-state index contributed by atoms with van der Waals surface area (Å²) in [6, 6.07) is 33.2. The van der Waals surface area contributed by atoms with E-state index in [4.69, 9.17) is 0 Å². The van der Waals surface area contributed by atoms with Gasteiger partial charge in [-0.1, -0.05) is 60.7 Å². The van der Waals surface area contributed by atoms with Crippen LogP contribution in [0.15, 0.2) is 97.1 Å². The second kappa shape index (κ2) is 6.44. The van der Waals surface area contributed by atoms with Gasteiger partial charge in [-0.15, -0.1) is 0 Å². The van der Waals surface area contributed by atoms with Crippen LogP contribution in [0.2, 0.25) is 0 Å². The second-order valence-electron chi connectivity index (χ2n) is 8.54. The molecular formula is C27H22N4O. The summed E-state index contributed by atoms with van der Waals surface area (Å²) in [6.07, 6.45) is 0.0183. The summed E-state index contributed by atoms with van der Waals surface area (Å²) in [4.78, 5) is 4.98. The molecule has 5 nitrogen and oxygen atoms in total. The first kappa shape index (κ1) is 17.5. The fraction of sp³-hybridized carbons (Fsp3) is 0.111. The standard InChI is InChI=1S/C27H22N4O/c32-18-9-7-8-17(16-18)28-25-20-11-2-5-14-23(20)31-26-21-12-3-6-15-24(21)30(25)27(31)19-10-1-4-13-22(19)29-26/h1-16,25-29,32H/t25-,26+,27?/m0/s1. The summed E-state index contributed by atoms with van der Waals surface area (Å²) in [5.41, 5.74) is 8.23. The van der Waals surface area contributed by atoms with Gasteiger partial charge in [0.1, 0.15) is 24.2 Å². The molecule has 0 spiro atoms. The molecule has 0 radical (unpaired) electrons. The lowest BCUT2D eigenvalue weighted by atomic mass is 9.88. The molecule has 3 aliphatic rings. The average Bonchev–Trinajstić information content (AvgIpc) is 2.83. The lowest BCUT2D eigenvalue weighted by molar-refractivity contribution is 0.432. The van der Waals surface area contributed by atoms with Gasteiger partial charge in [0.15, 0.2) is 0 Å². The van der Waals surface area contributed by atoms with Crippen LogP contribution in [0.1, 0.15) is 35.2 Å². The Bertz CT molecular complexity index is 1350. The molecule has 32 heavy (non-hydrogen) atoms. The van der Waals surface area contributed by atoms with E-state index in [0.29, 0.717) is 0 Å². The summed E-state index contributed by atoms with van der Waals surface area (Å²) in [5, 5.41) is 17.6. The van der Waals surface area contributed by atoms with Crippen molar-refractivity contribution in [1.82, 2.24) is 0 Å². The number of fused-ring (bicyclic) bond motifs is 5. The van der Waals surface area contributed by atoms with E-state index in [1.54, 1.807) is 12.1 Å². The quantitative estimate of drug-likeness (QED) is 0.375. The molecule has 1 unspecified atom stereocenters. The number of phenols is 1. The Morgan fingerprint density at radius 2 is 1.38 bits per heavy atom. The van der Waals surface area contributed by atoms with Crippen LogP contribution < -0.4 is 20.4 Å². The van der Waals surface area contributed by atoms with E-state index in [1.165, 1.54) is 33.8 Å². The molecule has 0 aromatic heterocycles. The summed E-state index contributed by atoms with van der Waals surface area (Å²) in [7, 11) is 0. The van der Waals surface area contributed by atoms with Crippen LogP contribution in [0.4, 0.5) is 22.7 Å². The number of anilines is 4. The summed E-state index contributed by atoms with van der Waals surface area (Å²) >= 11 is 0. The third kappa shape index (κ3) is 2.33. The zero-order valence-corrected chi connectivity index (χ0v) is 17.3. The van der Waals surface area contributed by atoms with Gasteiger partial charge in [0.25, 0.3) is 0 Å². The predicted molar refractivity (Wildman–Crippen MR) is 128 cm³/mol. The van der Waals surface area contributed by atoms with Crippen LogP contribution in [0.3, 0.4) is 0 Å². The third-order valence-corrected chi connectivity index (χ3v) is 6.78. The van der Waals surface area contributed by atoms with Crippen molar-refractivity contribution < 1.29 is 5.11 Å². The normalized spacial score (nSPS) is 21.7. The minimum absolute atomic E-state index is 0.0528. The molecule has 156 valence electrons. The first-order chi connectivity index (χ1) is 15.8. The Kier molecular flexibility index (Phi) is 3.53. The fourth-order valence-corrected chi connectivity index (χ4v) is 5.51. The number of rotatable bonds is 2. The van der Waals surface area contributed by atoms with E-state index in [0.717, 1.165) is 5.69 Å². The van der Waals surface area contributed by atoms with Gasteiger partial charge in [-0.2, -0.15) is 0 Å². The molecule has 0 saturated carbocycles. The minimum Gasteiger partial charge on any atom is -0.508 e. The summed E-state index contributed by atoms with van der Waals surface area (Å²) in [5.74, 6) is 0.257. The number of aromatic hydroxyl groups is 1. The molecule has 4 aromatic carbocycles. The first-order valence-electron chi connectivity index (χ1n) is 11.0. The van der Waals surface area contributed by atoms with E-state index in [1.807, 2.05) is 12.1 Å². The maximum Gasteiger partial charge on any atom is 0.134 e. The van der Waals surface area contributed by atoms with Gasteiger partial charge < -0.3 is 25.5 Å². The number of phenolic OH excluding ortho intramolecular Hbond substituents is 1. The first-order valence-corrected chi connectivity index (χ1v) is 11.0. The number of hydrogen-bond acceptors (Lipinski definition) is 5. The molecular weight excluding hydrogens is 396 g/mol. The summed E-state index contributed by atoms with van der Waals surface area (Å²) < 4.78 is 0. The predicted octanol–water partition coefficient (Wildman–Crippen LogP) is 5.97. The molecule has 0 amide bonds. The van der Waals surface area contributed by atoms with Gasteiger partial charge in [-0.25, -0.2) is 0 Å². The van der Waals surface area contributed by atoms with Gasteiger partial charge in [-0.3, -0.25) is 0 Å².